The number of nitrogens with zero attached hydrogens (tertiary/aromatic N) is 3. The summed E-state index contributed by atoms with van der Waals surface area (Å²) >= 11 is 0. The van der Waals surface area contributed by atoms with Gasteiger partial charge in [0.15, 0.2) is 0 Å². The highest BCUT2D eigenvalue weighted by atomic mass is 15.2. The van der Waals surface area contributed by atoms with E-state index in [1.165, 1.54) is 88.0 Å². The number of likely N-dealkylation sites (N-methyl/N-ethyl adjacent to an activating group) is 1. The zero-order valence-corrected chi connectivity index (χ0v) is 14.0. The molecule has 22 heavy (non-hydrogen) atoms. The Morgan fingerprint density at radius 2 is 2.14 bits per heavy atom. The molecule has 4 heteroatoms. The highest BCUT2D eigenvalue weighted by molar-refractivity contribution is 5.26. The molecular formula is C18H30N4. The average Bonchev–Trinajstić information content (AvgIpc) is 3.18. The lowest BCUT2D eigenvalue weighted by Gasteiger charge is -2.28. The topological polar surface area (TPSA) is 35.2 Å². The summed E-state index contributed by atoms with van der Waals surface area (Å²) in [6.45, 7) is 4.78. The van der Waals surface area contributed by atoms with Crippen molar-refractivity contribution in [2.75, 3.05) is 26.7 Å². The molecule has 2 atom stereocenters. The van der Waals surface area contributed by atoms with E-state index < -0.39 is 0 Å². The Labute approximate surface area is 134 Å². The first kappa shape index (κ1) is 14.7. The van der Waals surface area contributed by atoms with Crippen molar-refractivity contribution in [2.24, 2.45) is 5.92 Å². The van der Waals surface area contributed by atoms with Crippen molar-refractivity contribution in [3.05, 3.63) is 17.0 Å². The summed E-state index contributed by atoms with van der Waals surface area (Å²) in [6, 6.07) is 0.903. The standard InChI is InChI=1S/C18H30N4/c1-21(9-10-22-12-14-7-8-15(22)11-14)13-18-16-5-3-2-4-6-17(16)19-20-18/h14-15H,2-13H2,1H3,(H,19,20)/t14-,15+/m1/s1. The maximum absolute atomic E-state index is 4.62. The second kappa shape index (κ2) is 6.32. The molecular weight excluding hydrogens is 272 g/mol. The number of fused-ring (bicyclic) bond motifs is 3. The van der Waals surface area contributed by atoms with E-state index in [2.05, 4.69) is 27.0 Å². The zero-order valence-electron chi connectivity index (χ0n) is 14.0. The third kappa shape index (κ3) is 2.95. The quantitative estimate of drug-likeness (QED) is 0.849. The van der Waals surface area contributed by atoms with Crippen molar-refractivity contribution < 1.29 is 0 Å². The fourth-order valence-corrected chi connectivity index (χ4v) is 4.79. The van der Waals surface area contributed by atoms with Crippen LogP contribution in [-0.4, -0.2) is 52.7 Å². The van der Waals surface area contributed by atoms with Crippen molar-refractivity contribution in [2.45, 2.75) is 64.0 Å². The molecule has 0 radical (unpaired) electrons. The Hall–Kier alpha value is -0.870. The number of aromatic nitrogens is 2. The molecule has 1 saturated carbocycles. The molecule has 4 rings (SSSR count). The molecule has 0 aromatic carbocycles. The van der Waals surface area contributed by atoms with Gasteiger partial charge in [-0.1, -0.05) is 6.42 Å². The van der Waals surface area contributed by atoms with E-state index in [9.17, 15) is 0 Å². The van der Waals surface area contributed by atoms with Crippen LogP contribution in [0.5, 0.6) is 0 Å². The highest BCUT2D eigenvalue weighted by Crippen LogP contribution is 2.36. The number of nitrogens with one attached hydrogen (secondary N) is 1. The third-order valence-corrected chi connectivity index (χ3v) is 6.10. The van der Waals surface area contributed by atoms with Crippen LogP contribution in [0, 0.1) is 5.92 Å². The van der Waals surface area contributed by atoms with Crippen LogP contribution < -0.4 is 0 Å². The van der Waals surface area contributed by atoms with Gasteiger partial charge in [-0.15, -0.1) is 0 Å². The molecule has 0 amide bonds. The van der Waals surface area contributed by atoms with Gasteiger partial charge < -0.3 is 0 Å². The van der Waals surface area contributed by atoms with Crippen LogP contribution in [0.15, 0.2) is 0 Å². The largest absolute Gasteiger partial charge is 0.299 e. The number of likely N-dealkylation sites (tertiary alicyclic amines) is 1. The van der Waals surface area contributed by atoms with Gasteiger partial charge in [0.2, 0.25) is 0 Å². The predicted octanol–water partition coefficient (Wildman–Crippen LogP) is 2.59. The van der Waals surface area contributed by atoms with Crippen molar-refractivity contribution in [3.63, 3.8) is 0 Å². The van der Waals surface area contributed by atoms with E-state index in [0.717, 1.165) is 18.5 Å². The number of aryl methyl sites for hydroxylation is 1. The van der Waals surface area contributed by atoms with Crippen molar-refractivity contribution in [1.29, 1.82) is 0 Å². The fourth-order valence-electron chi connectivity index (χ4n) is 4.79. The predicted molar refractivity (Wildman–Crippen MR) is 88.9 cm³/mol. The van der Waals surface area contributed by atoms with Gasteiger partial charge in [0.25, 0.3) is 0 Å². The van der Waals surface area contributed by atoms with Gasteiger partial charge in [0, 0.05) is 37.9 Å². The van der Waals surface area contributed by atoms with E-state index in [-0.39, 0.29) is 0 Å². The van der Waals surface area contributed by atoms with Crippen LogP contribution in [0.3, 0.4) is 0 Å². The first-order chi connectivity index (χ1) is 10.8. The Bertz CT molecular complexity index is 509. The zero-order chi connectivity index (χ0) is 14.9. The molecule has 1 saturated heterocycles. The molecule has 1 aromatic rings. The normalized spacial score (nSPS) is 28.3. The van der Waals surface area contributed by atoms with Crippen LogP contribution in [0.1, 0.15) is 55.5 Å². The minimum absolute atomic E-state index is 0.903. The van der Waals surface area contributed by atoms with E-state index in [1.807, 2.05) is 0 Å². The number of hydrogen-bond acceptors (Lipinski definition) is 3. The monoisotopic (exact) mass is 302 g/mol. The maximum Gasteiger partial charge on any atom is 0.0796 e. The van der Waals surface area contributed by atoms with E-state index in [4.69, 9.17) is 0 Å². The van der Waals surface area contributed by atoms with Gasteiger partial charge in [-0.25, -0.2) is 0 Å². The maximum atomic E-state index is 4.62. The van der Waals surface area contributed by atoms with Gasteiger partial charge in [0.05, 0.1) is 5.69 Å². The lowest BCUT2D eigenvalue weighted by atomic mass is 10.1. The lowest BCUT2D eigenvalue weighted by molar-refractivity contribution is 0.181. The molecule has 2 fully saturated rings. The molecule has 0 spiro atoms. The molecule has 2 aliphatic carbocycles. The van der Waals surface area contributed by atoms with Crippen LogP contribution in [0.25, 0.3) is 0 Å². The molecule has 4 nitrogen and oxygen atoms in total. The van der Waals surface area contributed by atoms with Gasteiger partial charge in [-0.05, 0) is 63.5 Å². The summed E-state index contributed by atoms with van der Waals surface area (Å²) in [4.78, 5) is 5.20. The molecule has 1 N–H and O–H groups in total. The number of rotatable bonds is 5. The molecule has 2 bridgehead atoms. The smallest absolute Gasteiger partial charge is 0.0796 e. The van der Waals surface area contributed by atoms with Crippen LogP contribution >= 0.6 is 0 Å². The Morgan fingerprint density at radius 3 is 2.95 bits per heavy atom. The van der Waals surface area contributed by atoms with E-state index >= 15 is 0 Å². The SMILES string of the molecule is CN(CCN1C[C@@H]2CC[C@H]1C2)Cc1n[nH]c2c1CCCCC2. The molecule has 0 unspecified atom stereocenters. The summed E-state index contributed by atoms with van der Waals surface area (Å²) in [7, 11) is 2.26. The Kier molecular flexibility index (Phi) is 4.23. The summed E-state index contributed by atoms with van der Waals surface area (Å²) in [5, 5.41) is 7.92. The summed E-state index contributed by atoms with van der Waals surface area (Å²) in [5.41, 5.74) is 4.25. The second-order valence-electron chi connectivity index (χ2n) is 7.75. The van der Waals surface area contributed by atoms with Crippen LogP contribution in [0.2, 0.25) is 0 Å². The molecule has 2 heterocycles. The molecule has 1 aliphatic heterocycles. The molecule has 1 aromatic heterocycles. The lowest BCUT2D eigenvalue weighted by Crippen LogP contribution is -2.38. The highest BCUT2D eigenvalue weighted by Gasteiger charge is 2.37. The summed E-state index contributed by atoms with van der Waals surface area (Å²) < 4.78 is 0. The van der Waals surface area contributed by atoms with E-state index in [0.29, 0.717) is 0 Å². The number of H-pyrrole nitrogens is 1. The van der Waals surface area contributed by atoms with Crippen molar-refractivity contribution in [3.8, 4) is 0 Å². The first-order valence-corrected chi connectivity index (χ1v) is 9.27. The summed E-state index contributed by atoms with van der Waals surface area (Å²) in [6.07, 6.45) is 10.8. The third-order valence-electron chi connectivity index (χ3n) is 6.10. The van der Waals surface area contributed by atoms with Crippen molar-refractivity contribution >= 4 is 0 Å². The number of piperidine rings is 1. The fraction of sp³-hybridized carbons (Fsp3) is 0.833. The summed E-state index contributed by atoms with van der Waals surface area (Å²) in [5.74, 6) is 1.01. The van der Waals surface area contributed by atoms with Gasteiger partial charge in [-0.2, -0.15) is 5.10 Å². The number of hydrogen-bond donors (Lipinski definition) is 1. The minimum Gasteiger partial charge on any atom is -0.299 e. The second-order valence-corrected chi connectivity index (χ2v) is 7.75. The minimum atomic E-state index is 0.903. The van der Waals surface area contributed by atoms with E-state index in [1.54, 1.807) is 0 Å². The number of aromatic amines is 1. The molecule has 122 valence electrons. The van der Waals surface area contributed by atoms with Crippen LogP contribution in [0.4, 0.5) is 0 Å². The van der Waals surface area contributed by atoms with Gasteiger partial charge >= 0.3 is 0 Å². The van der Waals surface area contributed by atoms with Crippen molar-refractivity contribution in [1.82, 2.24) is 20.0 Å². The Balaban J connectivity index is 1.30. The molecule has 3 aliphatic rings. The first-order valence-electron chi connectivity index (χ1n) is 9.27. The average molecular weight is 302 g/mol. The van der Waals surface area contributed by atoms with Gasteiger partial charge in [-0.3, -0.25) is 14.9 Å². The van der Waals surface area contributed by atoms with Crippen LogP contribution in [-0.2, 0) is 19.4 Å². The Morgan fingerprint density at radius 1 is 1.23 bits per heavy atom. The van der Waals surface area contributed by atoms with Gasteiger partial charge in [0.1, 0.15) is 0 Å².